The van der Waals surface area contributed by atoms with Crippen molar-refractivity contribution in [2.75, 3.05) is 6.54 Å². The Labute approximate surface area is 146 Å². The molecule has 6 nitrogen and oxygen atoms in total. The Morgan fingerprint density at radius 1 is 1.50 bits per heavy atom. The molecule has 0 spiro atoms. The fraction of sp³-hybridized carbons (Fsp3) is 0.588. The molecular formula is C17H26N4O2S. The van der Waals surface area contributed by atoms with Gasteiger partial charge < -0.3 is 15.6 Å². The molecule has 132 valence electrons. The fourth-order valence-electron chi connectivity index (χ4n) is 2.75. The SMILES string of the molecule is CC(C)CC(C)(CN)NC(=O)CCCc1nc(-c2cccs2)no1. The molecule has 0 saturated carbocycles. The van der Waals surface area contributed by atoms with Crippen molar-refractivity contribution >= 4 is 17.2 Å². The molecule has 0 aliphatic carbocycles. The number of rotatable bonds is 9. The first-order valence-electron chi connectivity index (χ1n) is 8.29. The Morgan fingerprint density at radius 3 is 2.92 bits per heavy atom. The van der Waals surface area contributed by atoms with Crippen molar-refractivity contribution in [3.05, 3.63) is 23.4 Å². The first-order chi connectivity index (χ1) is 11.4. The van der Waals surface area contributed by atoms with Crippen LogP contribution in [0.3, 0.4) is 0 Å². The Kier molecular flexibility index (Phi) is 6.51. The molecule has 0 bridgehead atoms. The predicted octanol–water partition coefficient (Wildman–Crippen LogP) is 3.00. The zero-order valence-corrected chi connectivity index (χ0v) is 15.4. The number of nitrogens with zero attached hydrogens (tertiary/aromatic N) is 2. The Morgan fingerprint density at radius 2 is 2.29 bits per heavy atom. The van der Waals surface area contributed by atoms with Gasteiger partial charge in [-0.05, 0) is 37.1 Å². The maximum atomic E-state index is 12.1. The molecule has 0 aliphatic rings. The first-order valence-corrected chi connectivity index (χ1v) is 9.17. The van der Waals surface area contributed by atoms with Gasteiger partial charge in [0.1, 0.15) is 0 Å². The highest BCUT2D eigenvalue weighted by atomic mass is 32.1. The number of amides is 1. The van der Waals surface area contributed by atoms with Crippen molar-refractivity contribution in [1.82, 2.24) is 15.5 Å². The largest absolute Gasteiger partial charge is 0.350 e. The van der Waals surface area contributed by atoms with Crippen LogP contribution in [0.15, 0.2) is 22.0 Å². The molecule has 2 aromatic heterocycles. The number of nitrogens with one attached hydrogen (secondary N) is 1. The normalized spacial score (nSPS) is 13.9. The van der Waals surface area contributed by atoms with Gasteiger partial charge in [0.15, 0.2) is 0 Å². The van der Waals surface area contributed by atoms with E-state index >= 15 is 0 Å². The lowest BCUT2D eigenvalue weighted by molar-refractivity contribution is -0.123. The Bertz CT molecular complexity index is 639. The number of aromatic nitrogens is 2. The lowest BCUT2D eigenvalue weighted by atomic mass is 9.90. The second-order valence-electron chi connectivity index (χ2n) is 6.75. The highest BCUT2D eigenvalue weighted by Gasteiger charge is 2.25. The lowest BCUT2D eigenvalue weighted by Gasteiger charge is -2.31. The molecule has 0 radical (unpaired) electrons. The minimum atomic E-state index is -0.345. The third-order valence-electron chi connectivity index (χ3n) is 3.75. The van der Waals surface area contributed by atoms with Crippen LogP contribution in [0.5, 0.6) is 0 Å². The summed E-state index contributed by atoms with van der Waals surface area (Å²) in [5.74, 6) is 1.67. The molecule has 1 amide bonds. The Hall–Kier alpha value is -1.73. The standard InChI is InChI=1S/C17H26N4O2S/c1-12(2)10-17(3,11-18)20-14(22)7-4-8-15-19-16(21-23-15)13-6-5-9-24-13/h5-6,9,12H,4,7-8,10-11,18H2,1-3H3,(H,20,22). The van der Waals surface area contributed by atoms with E-state index in [1.807, 2.05) is 24.4 Å². The van der Waals surface area contributed by atoms with E-state index in [4.69, 9.17) is 10.3 Å². The molecule has 1 atom stereocenters. The van der Waals surface area contributed by atoms with E-state index in [0.717, 1.165) is 11.3 Å². The summed E-state index contributed by atoms with van der Waals surface area (Å²) in [4.78, 5) is 17.5. The van der Waals surface area contributed by atoms with Crippen molar-refractivity contribution in [3.8, 4) is 10.7 Å². The van der Waals surface area contributed by atoms with Crippen LogP contribution in [-0.4, -0.2) is 28.1 Å². The summed E-state index contributed by atoms with van der Waals surface area (Å²) < 4.78 is 5.24. The zero-order chi connectivity index (χ0) is 17.6. The van der Waals surface area contributed by atoms with E-state index in [1.54, 1.807) is 11.3 Å². The van der Waals surface area contributed by atoms with Crippen molar-refractivity contribution in [1.29, 1.82) is 0 Å². The smallest absolute Gasteiger partial charge is 0.226 e. The topological polar surface area (TPSA) is 94.0 Å². The maximum absolute atomic E-state index is 12.1. The van der Waals surface area contributed by atoms with Crippen LogP contribution in [0, 0.1) is 5.92 Å². The molecule has 2 aromatic rings. The van der Waals surface area contributed by atoms with Gasteiger partial charge in [0.2, 0.25) is 17.6 Å². The van der Waals surface area contributed by atoms with Crippen molar-refractivity contribution in [2.24, 2.45) is 11.7 Å². The number of thiophene rings is 1. The summed E-state index contributed by atoms with van der Waals surface area (Å²) in [7, 11) is 0. The second kappa shape index (κ2) is 8.39. The number of aryl methyl sites for hydroxylation is 1. The zero-order valence-electron chi connectivity index (χ0n) is 14.5. The summed E-state index contributed by atoms with van der Waals surface area (Å²) in [5.41, 5.74) is 5.48. The van der Waals surface area contributed by atoms with Gasteiger partial charge in [0.05, 0.1) is 4.88 Å². The van der Waals surface area contributed by atoms with Gasteiger partial charge >= 0.3 is 0 Å². The predicted molar refractivity (Wildman–Crippen MR) is 95.6 cm³/mol. The van der Waals surface area contributed by atoms with Crippen LogP contribution in [0.1, 0.15) is 45.9 Å². The molecule has 3 N–H and O–H groups in total. The third kappa shape index (κ3) is 5.42. The summed E-state index contributed by atoms with van der Waals surface area (Å²) in [6.45, 7) is 6.68. The van der Waals surface area contributed by atoms with E-state index in [2.05, 4.69) is 29.3 Å². The number of hydrogen-bond donors (Lipinski definition) is 2. The van der Waals surface area contributed by atoms with E-state index in [0.29, 0.717) is 43.4 Å². The number of nitrogens with two attached hydrogens (primary N) is 1. The first kappa shape index (κ1) is 18.6. The number of carbonyl (C=O) groups is 1. The molecule has 2 rings (SSSR count). The quantitative estimate of drug-likeness (QED) is 0.725. The van der Waals surface area contributed by atoms with E-state index in [-0.39, 0.29) is 11.4 Å². The van der Waals surface area contributed by atoms with Crippen LogP contribution < -0.4 is 11.1 Å². The molecule has 2 heterocycles. The van der Waals surface area contributed by atoms with E-state index in [1.165, 1.54) is 0 Å². The van der Waals surface area contributed by atoms with Crippen molar-refractivity contribution in [3.63, 3.8) is 0 Å². The Balaban J connectivity index is 1.78. The van der Waals surface area contributed by atoms with Gasteiger partial charge in [0.25, 0.3) is 0 Å². The molecule has 0 aliphatic heterocycles. The average molecular weight is 350 g/mol. The van der Waals surface area contributed by atoms with Gasteiger partial charge in [-0.25, -0.2) is 0 Å². The van der Waals surface area contributed by atoms with Gasteiger partial charge in [-0.15, -0.1) is 11.3 Å². The summed E-state index contributed by atoms with van der Waals surface area (Å²) in [6.07, 6.45) is 2.54. The minimum absolute atomic E-state index is 0.0154. The van der Waals surface area contributed by atoms with Gasteiger partial charge in [-0.3, -0.25) is 4.79 Å². The average Bonchev–Trinajstić information content (AvgIpc) is 3.17. The van der Waals surface area contributed by atoms with Crippen LogP contribution in [-0.2, 0) is 11.2 Å². The summed E-state index contributed by atoms with van der Waals surface area (Å²) >= 11 is 1.57. The number of hydrogen-bond acceptors (Lipinski definition) is 6. The van der Waals surface area contributed by atoms with Crippen LogP contribution in [0.2, 0.25) is 0 Å². The second-order valence-corrected chi connectivity index (χ2v) is 7.70. The van der Waals surface area contributed by atoms with Crippen LogP contribution >= 0.6 is 11.3 Å². The van der Waals surface area contributed by atoms with E-state index in [9.17, 15) is 4.79 Å². The highest BCUT2D eigenvalue weighted by molar-refractivity contribution is 7.13. The highest BCUT2D eigenvalue weighted by Crippen LogP contribution is 2.21. The van der Waals surface area contributed by atoms with Gasteiger partial charge in [0, 0.05) is 24.9 Å². The molecule has 7 heteroatoms. The fourth-order valence-corrected chi connectivity index (χ4v) is 3.40. The molecule has 1 unspecified atom stereocenters. The molecule has 0 aromatic carbocycles. The summed E-state index contributed by atoms with van der Waals surface area (Å²) in [5, 5.41) is 9.00. The van der Waals surface area contributed by atoms with Gasteiger partial charge in [-0.1, -0.05) is 25.1 Å². The van der Waals surface area contributed by atoms with E-state index < -0.39 is 0 Å². The molecule has 24 heavy (non-hydrogen) atoms. The van der Waals surface area contributed by atoms with Crippen molar-refractivity contribution in [2.45, 2.75) is 52.0 Å². The van der Waals surface area contributed by atoms with Gasteiger partial charge in [-0.2, -0.15) is 4.98 Å². The monoisotopic (exact) mass is 350 g/mol. The third-order valence-corrected chi connectivity index (χ3v) is 4.62. The molecular weight excluding hydrogens is 324 g/mol. The van der Waals surface area contributed by atoms with Crippen LogP contribution in [0.4, 0.5) is 0 Å². The number of carbonyl (C=O) groups excluding carboxylic acids is 1. The van der Waals surface area contributed by atoms with Crippen LogP contribution in [0.25, 0.3) is 10.7 Å². The maximum Gasteiger partial charge on any atom is 0.226 e. The summed E-state index contributed by atoms with van der Waals surface area (Å²) in [6, 6.07) is 3.90. The molecule has 0 fully saturated rings. The minimum Gasteiger partial charge on any atom is -0.350 e. The molecule has 0 saturated heterocycles. The van der Waals surface area contributed by atoms with Crippen molar-refractivity contribution < 1.29 is 9.32 Å². The lowest BCUT2D eigenvalue weighted by Crippen LogP contribution is -2.52.